The molecule has 0 bridgehead atoms. The predicted octanol–water partition coefficient (Wildman–Crippen LogP) is 11.7. The molecular formula is C47H29N5O. The molecule has 0 aliphatic heterocycles. The maximum Gasteiger partial charge on any atom is 0.164 e. The number of hydrogen-bond acceptors (Lipinski definition) is 6. The van der Waals surface area contributed by atoms with Gasteiger partial charge in [0, 0.05) is 44.0 Å². The Morgan fingerprint density at radius 1 is 0.321 bits per heavy atom. The zero-order valence-corrected chi connectivity index (χ0v) is 28.4. The Bertz CT molecular complexity index is 2870. The number of fused-ring (bicyclic) bond motifs is 4. The molecule has 0 N–H and O–H groups in total. The Morgan fingerprint density at radius 3 is 1.57 bits per heavy atom. The molecule has 3 heterocycles. The van der Waals surface area contributed by atoms with E-state index < -0.39 is 0 Å². The molecule has 0 fully saturated rings. The molecule has 6 heteroatoms. The third-order valence-corrected chi connectivity index (χ3v) is 9.56. The van der Waals surface area contributed by atoms with Crippen molar-refractivity contribution in [2.45, 2.75) is 0 Å². The highest BCUT2D eigenvalue weighted by Gasteiger charge is 2.19. The largest absolute Gasteiger partial charge is 0.456 e. The van der Waals surface area contributed by atoms with Crippen molar-refractivity contribution in [3.05, 3.63) is 176 Å². The van der Waals surface area contributed by atoms with Crippen molar-refractivity contribution in [2.24, 2.45) is 0 Å². The fraction of sp³-hybridized carbons (Fsp3) is 0. The molecule has 0 radical (unpaired) electrons. The van der Waals surface area contributed by atoms with E-state index in [1.54, 1.807) is 0 Å². The van der Waals surface area contributed by atoms with Crippen molar-refractivity contribution in [1.29, 1.82) is 0 Å². The summed E-state index contributed by atoms with van der Waals surface area (Å²) in [4.78, 5) is 25.2. The molecule has 6 nitrogen and oxygen atoms in total. The summed E-state index contributed by atoms with van der Waals surface area (Å²) in [6.07, 6.45) is 0. The van der Waals surface area contributed by atoms with Crippen LogP contribution in [-0.4, -0.2) is 24.9 Å². The van der Waals surface area contributed by atoms with Crippen LogP contribution in [0.25, 0.3) is 101 Å². The van der Waals surface area contributed by atoms with Crippen LogP contribution in [0.15, 0.2) is 180 Å². The van der Waals surface area contributed by atoms with E-state index in [2.05, 4.69) is 60.7 Å². The first-order valence-electron chi connectivity index (χ1n) is 17.5. The number of furan rings is 1. The van der Waals surface area contributed by atoms with Gasteiger partial charge < -0.3 is 4.42 Å². The van der Waals surface area contributed by atoms with Crippen LogP contribution in [0.5, 0.6) is 0 Å². The minimum Gasteiger partial charge on any atom is -0.456 e. The first-order chi connectivity index (χ1) is 26.2. The zero-order chi connectivity index (χ0) is 35.1. The average Bonchev–Trinajstić information content (AvgIpc) is 3.62. The molecule has 248 valence electrons. The third-order valence-electron chi connectivity index (χ3n) is 9.56. The minimum atomic E-state index is 0.569. The second kappa shape index (κ2) is 12.8. The number of rotatable bonds is 6. The molecule has 53 heavy (non-hydrogen) atoms. The topological polar surface area (TPSA) is 77.6 Å². The van der Waals surface area contributed by atoms with E-state index in [9.17, 15) is 0 Å². The molecule has 0 saturated heterocycles. The number of hydrogen-bond donors (Lipinski definition) is 0. The van der Waals surface area contributed by atoms with Crippen LogP contribution >= 0.6 is 0 Å². The van der Waals surface area contributed by atoms with Crippen LogP contribution in [-0.2, 0) is 0 Å². The van der Waals surface area contributed by atoms with Gasteiger partial charge in [-0.2, -0.15) is 0 Å². The lowest BCUT2D eigenvalue weighted by atomic mass is 10.0. The second-order valence-electron chi connectivity index (χ2n) is 12.9. The minimum absolute atomic E-state index is 0.569. The highest BCUT2D eigenvalue weighted by molar-refractivity contribution is 6.12. The standard InChI is InChI=1S/C47H29N5O/c1-4-13-30(14-5-1)31-23-25-32(26-24-31)43-36-19-10-11-21-39(36)48-46(49-43)35-27-28-40-38(29-35)42-37(20-12-22-41(42)53-40)47-51-44(33-15-6-2-7-16-33)50-45(52-47)34-17-8-3-9-18-34/h1-29H. The summed E-state index contributed by atoms with van der Waals surface area (Å²) < 4.78 is 6.43. The third kappa shape index (κ3) is 5.59. The maximum absolute atomic E-state index is 6.43. The van der Waals surface area contributed by atoms with E-state index in [1.165, 1.54) is 5.56 Å². The van der Waals surface area contributed by atoms with Crippen molar-refractivity contribution in [3.63, 3.8) is 0 Å². The van der Waals surface area contributed by atoms with E-state index >= 15 is 0 Å². The Balaban J connectivity index is 1.13. The van der Waals surface area contributed by atoms with E-state index in [-0.39, 0.29) is 0 Å². The molecule has 0 amide bonds. The van der Waals surface area contributed by atoms with Gasteiger partial charge in [-0.05, 0) is 41.5 Å². The predicted molar refractivity (Wildman–Crippen MR) is 213 cm³/mol. The van der Waals surface area contributed by atoms with Crippen LogP contribution in [0.1, 0.15) is 0 Å². The van der Waals surface area contributed by atoms with Crippen LogP contribution in [0.4, 0.5) is 0 Å². The SMILES string of the molecule is c1ccc(-c2ccc(-c3nc(-c4ccc5oc6cccc(-c7nc(-c8ccccc8)nc(-c8ccccc8)n7)c6c5c4)nc4ccccc34)cc2)cc1. The number of benzene rings is 7. The summed E-state index contributed by atoms with van der Waals surface area (Å²) in [5.74, 6) is 2.42. The Kier molecular flexibility index (Phi) is 7.36. The Hall–Kier alpha value is -7.31. The van der Waals surface area contributed by atoms with E-state index in [0.29, 0.717) is 23.3 Å². The van der Waals surface area contributed by atoms with Crippen LogP contribution < -0.4 is 0 Å². The first-order valence-corrected chi connectivity index (χ1v) is 17.5. The van der Waals surface area contributed by atoms with Crippen molar-refractivity contribution in [1.82, 2.24) is 24.9 Å². The van der Waals surface area contributed by atoms with Gasteiger partial charge in [0.25, 0.3) is 0 Å². The van der Waals surface area contributed by atoms with Crippen molar-refractivity contribution in [2.75, 3.05) is 0 Å². The van der Waals surface area contributed by atoms with Gasteiger partial charge in [0.05, 0.1) is 11.2 Å². The summed E-state index contributed by atoms with van der Waals surface area (Å²) in [6, 6.07) is 59.4. The van der Waals surface area contributed by atoms with Crippen LogP contribution in [0, 0.1) is 0 Å². The highest BCUT2D eigenvalue weighted by Crippen LogP contribution is 2.39. The quantitative estimate of drug-likeness (QED) is 0.174. The van der Waals surface area contributed by atoms with Gasteiger partial charge in [-0.3, -0.25) is 0 Å². The molecule has 0 spiro atoms. The molecular weight excluding hydrogens is 651 g/mol. The number of para-hydroxylation sites is 1. The molecule has 0 atom stereocenters. The second-order valence-corrected chi connectivity index (χ2v) is 12.9. The van der Waals surface area contributed by atoms with E-state index in [4.69, 9.17) is 29.3 Å². The molecule has 10 aromatic rings. The maximum atomic E-state index is 6.43. The highest BCUT2D eigenvalue weighted by atomic mass is 16.3. The lowest BCUT2D eigenvalue weighted by Gasteiger charge is -2.11. The monoisotopic (exact) mass is 679 g/mol. The number of nitrogens with zero attached hydrogens (tertiary/aromatic N) is 5. The summed E-state index contributed by atoms with van der Waals surface area (Å²) in [5, 5.41) is 2.85. The molecule has 0 aliphatic carbocycles. The summed E-state index contributed by atoms with van der Waals surface area (Å²) >= 11 is 0. The normalized spacial score (nSPS) is 11.4. The average molecular weight is 680 g/mol. The number of aromatic nitrogens is 5. The van der Waals surface area contributed by atoms with Gasteiger partial charge in [-0.1, -0.05) is 146 Å². The van der Waals surface area contributed by atoms with Gasteiger partial charge in [-0.15, -0.1) is 0 Å². The summed E-state index contributed by atoms with van der Waals surface area (Å²) in [7, 11) is 0. The lowest BCUT2D eigenvalue weighted by Crippen LogP contribution is -2.00. The molecule has 0 unspecified atom stereocenters. The van der Waals surface area contributed by atoms with Crippen molar-refractivity contribution in [3.8, 4) is 67.9 Å². The smallest absolute Gasteiger partial charge is 0.164 e. The molecule has 3 aromatic heterocycles. The first kappa shape index (κ1) is 30.5. The van der Waals surface area contributed by atoms with Gasteiger partial charge >= 0.3 is 0 Å². The summed E-state index contributed by atoms with van der Waals surface area (Å²) in [6.45, 7) is 0. The van der Waals surface area contributed by atoms with Crippen molar-refractivity contribution < 1.29 is 4.42 Å². The molecule has 10 rings (SSSR count). The fourth-order valence-electron chi connectivity index (χ4n) is 6.96. The Morgan fingerprint density at radius 2 is 0.868 bits per heavy atom. The van der Waals surface area contributed by atoms with Crippen LogP contribution in [0.3, 0.4) is 0 Å². The zero-order valence-electron chi connectivity index (χ0n) is 28.4. The van der Waals surface area contributed by atoms with Gasteiger partial charge in [0.1, 0.15) is 11.2 Å². The molecule has 7 aromatic carbocycles. The molecule has 0 aliphatic rings. The summed E-state index contributed by atoms with van der Waals surface area (Å²) in [5.41, 5.74) is 10.2. The van der Waals surface area contributed by atoms with E-state index in [0.717, 1.165) is 71.9 Å². The lowest BCUT2D eigenvalue weighted by molar-refractivity contribution is 0.669. The van der Waals surface area contributed by atoms with Crippen molar-refractivity contribution >= 4 is 32.8 Å². The van der Waals surface area contributed by atoms with E-state index in [1.807, 2.05) is 115 Å². The molecule has 0 saturated carbocycles. The van der Waals surface area contributed by atoms with Crippen LogP contribution in [0.2, 0.25) is 0 Å². The van der Waals surface area contributed by atoms with Gasteiger partial charge in [0.15, 0.2) is 23.3 Å². The fourth-order valence-corrected chi connectivity index (χ4v) is 6.96. The van der Waals surface area contributed by atoms with Gasteiger partial charge in [0.2, 0.25) is 0 Å². The van der Waals surface area contributed by atoms with Gasteiger partial charge in [-0.25, -0.2) is 24.9 Å². The Labute approximate surface area is 305 Å².